The Labute approximate surface area is 139 Å². The van der Waals surface area contributed by atoms with Crippen molar-refractivity contribution >= 4 is 5.65 Å². The first-order chi connectivity index (χ1) is 11.6. The fraction of sp³-hybridized carbons (Fsp3) is 0.438. The minimum Gasteiger partial charge on any atom is -0.445 e. The molecule has 4 heterocycles. The summed E-state index contributed by atoms with van der Waals surface area (Å²) in [5.41, 5.74) is 2.49. The van der Waals surface area contributed by atoms with Gasteiger partial charge in [-0.05, 0) is 0 Å². The summed E-state index contributed by atoms with van der Waals surface area (Å²) >= 11 is 0. The van der Waals surface area contributed by atoms with Crippen molar-refractivity contribution in [1.29, 1.82) is 5.26 Å². The van der Waals surface area contributed by atoms with E-state index >= 15 is 0 Å². The molecule has 0 amide bonds. The van der Waals surface area contributed by atoms with Crippen molar-refractivity contribution in [3.8, 4) is 6.07 Å². The number of nitriles is 1. The molecule has 0 aromatic carbocycles. The highest BCUT2D eigenvalue weighted by Gasteiger charge is 2.27. The number of aryl methyl sites for hydroxylation is 2. The number of oxazole rings is 1. The fourth-order valence-corrected chi connectivity index (χ4v) is 3.21. The van der Waals surface area contributed by atoms with Crippen LogP contribution in [-0.2, 0) is 20.1 Å². The van der Waals surface area contributed by atoms with E-state index in [2.05, 4.69) is 26.4 Å². The van der Waals surface area contributed by atoms with Crippen molar-refractivity contribution in [3.05, 3.63) is 41.5 Å². The van der Waals surface area contributed by atoms with Gasteiger partial charge in [0.2, 0.25) is 0 Å². The molecule has 1 saturated heterocycles. The van der Waals surface area contributed by atoms with Crippen LogP contribution in [0.1, 0.15) is 22.9 Å². The number of fused-ring (bicyclic) bond motifs is 1. The standard InChI is InChI=1S/C16H19N7O/c1-11-18-6-15(24-11)10-22-7-13(8-22)19-5-14-9-21(2)16-12(3-17)4-20-23(14)16/h4,6,9,13,19H,5,7-8,10H2,1-2H3. The summed E-state index contributed by atoms with van der Waals surface area (Å²) < 4.78 is 9.28. The Morgan fingerprint density at radius 1 is 1.42 bits per heavy atom. The number of nitrogens with one attached hydrogen (secondary N) is 1. The number of likely N-dealkylation sites (tertiary alicyclic amines) is 1. The first-order valence-electron chi connectivity index (χ1n) is 7.93. The zero-order valence-corrected chi connectivity index (χ0v) is 13.7. The van der Waals surface area contributed by atoms with E-state index in [1.165, 1.54) is 0 Å². The highest BCUT2D eigenvalue weighted by atomic mass is 16.4. The summed E-state index contributed by atoms with van der Waals surface area (Å²) in [6.45, 7) is 5.36. The molecule has 1 aliphatic heterocycles. The number of imidazole rings is 1. The van der Waals surface area contributed by atoms with Crippen LogP contribution in [0.2, 0.25) is 0 Å². The highest BCUT2D eigenvalue weighted by molar-refractivity contribution is 5.56. The lowest BCUT2D eigenvalue weighted by Crippen LogP contribution is -2.57. The van der Waals surface area contributed by atoms with E-state index in [0.717, 1.165) is 43.3 Å². The molecule has 0 atom stereocenters. The van der Waals surface area contributed by atoms with Crippen molar-refractivity contribution in [2.24, 2.45) is 7.05 Å². The summed E-state index contributed by atoms with van der Waals surface area (Å²) in [5.74, 6) is 1.63. The summed E-state index contributed by atoms with van der Waals surface area (Å²) in [6.07, 6.45) is 5.43. The lowest BCUT2D eigenvalue weighted by atomic mass is 10.1. The first kappa shape index (κ1) is 14.9. The third-order valence-corrected chi connectivity index (χ3v) is 4.39. The van der Waals surface area contributed by atoms with Crippen molar-refractivity contribution in [2.45, 2.75) is 26.1 Å². The quantitative estimate of drug-likeness (QED) is 0.747. The molecule has 24 heavy (non-hydrogen) atoms. The predicted octanol–water partition coefficient (Wildman–Crippen LogP) is 0.815. The van der Waals surface area contributed by atoms with Gasteiger partial charge < -0.3 is 14.3 Å². The largest absolute Gasteiger partial charge is 0.445 e. The molecule has 0 aliphatic carbocycles. The van der Waals surface area contributed by atoms with Crippen LogP contribution in [0.3, 0.4) is 0 Å². The van der Waals surface area contributed by atoms with Crippen molar-refractivity contribution in [3.63, 3.8) is 0 Å². The molecular formula is C16H19N7O. The van der Waals surface area contributed by atoms with Gasteiger partial charge in [-0.1, -0.05) is 0 Å². The second-order valence-electron chi connectivity index (χ2n) is 6.25. The van der Waals surface area contributed by atoms with Crippen LogP contribution >= 0.6 is 0 Å². The van der Waals surface area contributed by atoms with Crippen molar-refractivity contribution < 1.29 is 4.42 Å². The molecule has 1 aliphatic rings. The van der Waals surface area contributed by atoms with Crippen LogP contribution in [0, 0.1) is 18.3 Å². The van der Waals surface area contributed by atoms with E-state index in [9.17, 15) is 0 Å². The predicted molar refractivity (Wildman–Crippen MR) is 86.0 cm³/mol. The fourth-order valence-electron chi connectivity index (χ4n) is 3.21. The first-order valence-corrected chi connectivity index (χ1v) is 7.93. The molecule has 8 heteroatoms. The lowest BCUT2D eigenvalue weighted by molar-refractivity contribution is 0.108. The summed E-state index contributed by atoms with van der Waals surface area (Å²) in [5, 5.41) is 17.0. The molecule has 0 unspecified atom stereocenters. The Balaban J connectivity index is 1.33. The van der Waals surface area contributed by atoms with Crippen LogP contribution in [0.25, 0.3) is 5.65 Å². The Hall–Kier alpha value is -2.63. The molecule has 0 bridgehead atoms. The average Bonchev–Trinajstić information content (AvgIpc) is 3.19. The second-order valence-corrected chi connectivity index (χ2v) is 6.25. The topological polar surface area (TPSA) is 87.3 Å². The van der Waals surface area contributed by atoms with Gasteiger partial charge in [-0.2, -0.15) is 10.4 Å². The zero-order valence-electron chi connectivity index (χ0n) is 13.7. The highest BCUT2D eigenvalue weighted by Crippen LogP contribution is 2.16. The molecule has 1 N–H and O–H groups in total. The Morgan fingerprint density at radius 2 is 2.25 bits per heavy atom. The molecule has 3 aromatic heterocycles. The molecule has 0 spiro atoms. The minimum absolute atomic E-state index is 0.454. The maximum absolute atomic E-state index is 9.13. The third-order valence-electron chi connectivity index (χ3n) is 4.39. The number of nitrogens with zero attached hydrogens (tertiary/aromatic N) is 6. The van der Waals surface area contributed by atoms with Crippen LogP contribution in [-0.4, -0.2) is 43.2 Å². The minimum atomic E-state index is 0.454. The van der Waals surface area contributed by atoms with Gasteiger partial charge in [0.25, 0.3) is 0 Å². The van der Waals surface area contributed by atoms with Crippen molar-refractivity contribution in [1.82, 2.24) is 29.4 Å². The van der Waals surface area contributed by atoms with Gasteiger partial charge >= 0.3 is 0 Å². The number of rotatable bonds is 5. The van der Waals surface area contributed by atoms with Gasteiger partial charge in [-0.3, -0.25) is 4.90 Å². The van der Waals surface area contributed by atoms with Crippen LogP contribution in [0.15, 0.2) is 23.0 Å². The van der Waals surface area contributed by atoms with E-state index in [4.69, 9.17) is 9.68 Å². The van der Waals surface area contributed by atoms with Crippen LogP contribution in [0.5, 0.6) is 0 Å². The van der Waals surface area contributed by atoms with Gasteiger partial charge in [-0.15, -0.1) is 0 Å². The normalized spacial score (nSPS) is 15.7. The number of aromatic nitrogens is 4. The molecule has 124 valence electrons. The van der Waals surface area contributed by atoms with E-state index < -0.39 is 0 Å². The summed E-state index contributed by atoms with van der Waals surface area (Å²) in [6, 6.07) is 2.63. The third kappa shape index (κ3) is 2.58. The maximum atomic E-state index is 9.13. The lowest BCUT2D eigenvalue weighted by Gasteiger charge is -2.39. The monoisotopic (exact) mass is 325 g/mol. The van der Waals surface area contributed by atoms with E-state index in [0.29, 0.717) is 17.5 Å². The number of hydrogen-bond acceptors (Lipinski definition) is 6. The Kier molecular flexibility index (Phi) is 3.59. The van der Waals surface area contributed by atoms with E-state index in [-0.39, 0.29) is 0 Å². The van der Waals surface area contributed by atoms with Crippen molar-refractivity contribution in [2.75, 3.05) is 13.1 Å². The van der Waals surface area contributed by atoms with Gasteiger partial charge in [0, 0.05) is 45.8 Å². The second kappa shape index (κ2) is 5.78. The smallest absolute Gasteiger partial charge is 0.191 e. The zero-order chi connectivity index (χ0) is 16.7. The summed E-state index contributed by atoms with van der Waals surface area (Å²) in [4.78, 5) is 6.44. The molecular weight excluding hydrogens is 306 g/mol. The van der Waals surface area contributed by atoms with Crippen LogP contribution < -0.4 is 5.32 Å². The molecule has 8 nitrogen and oxygen atoms in total. The summed E-state index contributed by atoms with van der Waals surface area (Å²) in [7, 11) is 1.94. The van der Waals surface area contributed by atoms with Gasteiger partial charge in [0.15, 0.2) is 11.5 Å². The average molecular weight is 325 g/mol. The molecule has 1 fully saturated rings. The Bertz CT molecular complexity index is 907. The van der Waals surface area contributed by atoms with E-state index in [1.54, 1.807) is 12.4 Å². The molecule has 3 aromatic rings. The maximum Gasteiger partial charge on any atom is 0.191 e. The van der Waals surface area contributed by atoms with E-state index in [1.807, 2.05) is 29.3 Å². The van der Waals surface area contributed by atoms with Crippen LogP contribution in [0.4, 0.5) is 0 Å². The van der Waals surface area contributed by atoms with Gasteiger partial charge in [0.1, 0.15) is 17.4 Å². The number of hydrogen-bond donors (Lipinski definition) is 1. The van der Waals surface area contributed by atoms with Gasteiger partial charge in [0.05, 0.1) is 24.6 Å². The van der Waals surface area contributed by atoms with Gasteiger partial charge in [-0.25, -0.2) is 9.50 Å². The Morgan fingerprint density at radius 3 is 2.96 bits per heavy atom. The SMILES string of the molecule is Cc1ncc(CN2CC(NCc3cn(C)c4c(C#N)cnn34)C2)o1. The molecule has 0 saturated carbocycles. The molecule has 0 radical (unpaired) electrons. The molecule has 4 rings (SSSR count).